The molecule has 4 aliphatic rings. The number of hydrogen-bond acceptors (Lipinski definition) is 8. The Morgan fingerprint density at radius 1 is 0.940 bits per heavy atom. The second-order valence-electron chi connectivity index (χ2n) is 13.0. The maximum atomic E-state index is 15.1. The molecule has 2 aliphatic heterocycles. The zero-order valence-electron chi connectivity index (χ0n) is 26.6. The minimum absolute atomic E-state index is 0.0573. The quantitative estimate of drug-likeness (QED) is 0.207. The number of carbonyl (C=O) groups excluding carboxylic acids is 4. The Bertz CT molecular complexity index is 1900. The molecule has 11 nitrogen and oxygen atoms in total. The summed E-state index contributed by atoms with van der Waals surface area (Å²) in [5.41, 5.74) is 3.59. The number of aliphatic carboxylic acids is 1. The van der Waals surface area contributed by atoms with Crippen LogP contribution < -0.4 is 10.2 Å². The van der Waals surface area contributed by atoms with Gasteiger partial charge in [-0.15, -0.1) is 0 Å². The highest BCUT2D eigenvalue weighted by Crippen LogP contribution is 2.64. The van der Waals surface area contributed by atoms with Crippen molar-refractivity contribution in [2.24, 2.45) is 23.7 Å². The molecule has 0 bridgehead atoms. The van der Waals surface area contributed by atoms with Crippen molar-refractivity contribution in [2.45, 2.75) is 30.6 Å². The number of halogens is 2. The molecule has 0 radical (unpaired) electrons. The zero-order valence-corrected chi connectivity index (χ0v) is 27.4. The summed E-state index contributed by atoms with van der Waals surface area (Å²) in [6.45, 7) is -0.375. The number of aliphatic hydroxyl groups is 1. The SMILES string of the molecule is O=C(O)CCN1C(=O)[C@H]2[C@H](CC=C3[C@H]2C[C@H]2C(=O)N(Nc4ccc(F)cc4)C(=O)[C@@]2(c2ccc(Cl)cc2)[C@H]3c2ccc(OCCO)cc2)C1=O. The molecule has 0 spiro atoms. The van der Waals surface area contributed by atoms with Crippen LogP contribution in [-0.4, -0.2) is 69.5 Å². The van der Waals surface area contributed by atoms with Crippen LogP contribution in [0.15, 0.2) is 84.4 Å². The Balaban J connectivity index is 1.40. The number of carboxylic acids is 1. The summed E-state index contributed by atoms with van der Waals surface area (Å²) in [5.74, 6) is -7.21. The normalized spacial score (nSPS) is 27.1. The van der Waals surface area contributed by atoms with Crippen molar-refractivity contribution in [3.05, 3.63) is 106 Å². The molecule has 3 fully saturated rings. The fourth-order valence-electron chi connectivity index (χ4n) is 8.44. The van der Waals surface area contributed by atoms with Gasteiger partial charge in [-0.05, 0) is 78.4 Å². The van der Waals surface area contributed by atoms with Gasteiger partial charge in [0, 0.05) is 17.5 Å². The van der Waals surface area contributed by atoms with Gasteiger partial charge in [0.05, 0.1) is 41.9 Å². The highest BCUT2D eigenvalue weighted by molar-refractivity contribution is 6.30. The monoisotopic (exact) mass is 701 g/mol. The molecular formula is C37H33ClFN3O8. The van der Waals surface area contributed by atoms with Gasteiger partial charge < -0.3 is 14.9 Å². The number of fused-ring (bicyclic) bond motifs is 4. The fraction of sp³-hybridized carbons (Fsp3) is 0.324. The second-order valence-corrected chi connectivity index (χ2v) is 13.4. The van der Waals surface area contributed by atoms with E-state index in [1.807, 2.05) is 6.08 Å². The van der Waals surface area contributed by atoms with Crippen LogP contribution in [0, 0.1) is 29.5 Å². The lowest BCUT2D eigenvalue weighted by molar-refractivity contribution is -0.143. The van der Waals surface area contributed by atoms with E-state index in [0.29, 0.717) is 27.6 Å². The van der Waals surface area contributed by atoms with Crippen molar-refractivity contribution < 1.29 is 43.3 Å². The minimum Gasteiger partial charge on any atom is -0.491 e. The van der Waals surface area contributed by atoms with E-state index in [0.717, 1.165) is 15.5 Å². The van der Waals surface area contributed by atoms with E-state index in [-0.39, 0.29) is 32.6 Å². The summed E-state index contributed by atoms with van der Waals surface area (Å²) >= 11 is 6.32. The van der Waals surface area contributed by atoms with Crippen LogP contribution in [-0.2, 0) is 29.4 Å². The van der Waals surface area contributed by atoms with E-state index in [9.17, 15) is 33.8 Å². The van der Waals surface area contributed by atoms with E-state index < -0.39 is 76.8 Å². The molecule has 3 aromatic carbocycles. The molecule has 4 amide bonds. The number of likely N-dealkylation sites (tertiary alicyclic amines) is 1. The van der Waals surface area contributed by atoms with Gasteiger partial charge in [0.15, 0.2) is 0 Å². The first kappa shape index (κ1) is 33.4. The number of allylic oxidation sites excluding steroid dienone is 2. The second kappa shape index (κ2) is 13.0. The average Bonchev–Trinajstić information content (AvgIpc) is 3.48. The van der Waals surface area contributed by atoms with Crippen molar-refractivity contribution in [2.75, 3.05) is 25.2 Å². The Hall–Kier alpha value is -5.07. The van der Waals surface area contributed by atoms with Gasteiger partial charge in [-0.1, -0.05) is 47.5 Å². The van der Waals surface area contributed by atoms with Gasteiger partial charge in [-0.25, -0.2) is 4.39 Å². The number of benzene rings is 3. The third kappa shape index (κ3) is 5.34. The van der Waals surface area contributed by atoms with Crippen molar-refractivity contribution in [1.29, 1.82) is 0 Å². The van der Waals surface area contributed by atoms with Crippen LogP contribution in [0.1, 0.15) is 36.3 Å². The average molecular weight is 702 g/mol. The molecule has 258 valence electrons. The predicted molar refractivity (Wildman–Crippen MR) is 177 cm³/mol. The number of carbonyl (C=O) groups is 5. The van der Waals surface area contributed by atoms with Gasteiger partial charge in [-0.3, -0.25) is 34.3 Å². The van der Waals surface area contributed by atoms with E-state index in [1.165, 1.54) is 24.3 Å². The first-order chi connectivity index (χ1) is 24.1. The molecular weight excluding hydrogens is 669 g/mol. The largest absolute Gasteiger partial charge is 0.491 e. The van der Waals surface area contributed by atoms with Crippen LogP contribution >= 0.6 is 11.6 Å². The number of aliphatic hydroxyl groups excluding tert-OH is 1. The first-order valence-electron chi connectivity index (χ1n) is 16.3. The number of anilines is 1. The van der Waals surface area contributed by atoms with Gasteiger partial charge in [0.25, 0.3) is 11.8 Å². The summed E-state index contributed by atoms with van der Waals surface area (Å²) in [5, 5.41) is 19.9. The highest BCUT2D eigenvalue weighted by atomic mass is 35.5. The van der Waals surface area contributed by atoms with Crippen molar-refractivity contribution in [1.82, 2.24) is 9.91 Å². The van der Waals surface area contributed by atoms with Crippen LogP contribution in [0.3, 0.4) is 0 Å². The number of hydrogen-bond donors (Lipinski definition) is 3. The summed E-state index contributed by atoms with van der Waals surface area (Å²) < 4.78 is 19.4. The van der Waals surface area contributed by atoms with E-state index in [2.05, 4.69) is 5.43 Å². The van der Waals surface area contributed by atoms with E-state index >= 15 is 4.79 Å². The Morgan fingerprint density at radius 3 is 2.30 bits per heavy atom. The lowest BCUT2D eigenvalue weighted by Gasteiger charge is -2.50. The number of nitrogens with zero attached hydrogens (tertiary/aromatic N) is 2. The number of imide groups is 2. The van der Waals surface area contributed by atoms with Crippen LogP contribution in [0.2, 0.25) is 5.02 Å². The molecule has 2 heterocycles. The maximum Gasteiger partial charge on any atom is 0.305 e. The lowest BCUT2D eigenvalue weighted by Crippen LogP contribution is -2.53. The van der Waals surface area contributed by atoms with Crippen LogP contribution in [0.25, 0.3) is 0 Å². The number of ether oxygens (including phenoxy) is 1. The van der Waals surface area contributed by atoms with Crippen LogP contribution in [0.5, 0.6) is 5.75 Å². The molecule has 1 saturated carbocycles. The zero-order chi connectivity index (χ0) is 35.3. The molecule has 0 unspecified atom stereocenters. The van der Waals surface area contributed by atoms with E-state index in [1.54, 1.807) is 48.5 Å². The first-order valence-corrected chi connectivity index (χ1v) is 16.7. The molecule has 2 saturated heterocycles. The smallest absolute Gasteiger partial charge is 0.305 e. The topological polar surface area (TPSA) is 154 Å². The van der Waals surface area contributed by atoms with Crippen molar-refractivity contribution >= 4 is 46.9 Å². The molecule has 7 rings (SSSR count). The number of amides is 4. The van der Waals surface area contributed by atoms with Gasteiger partial charge in [-0.2, -0.15) is 5.01 Å². The number of hydrazine groups is 1. The Kier molecular flexibility index (Phi) is 8.69. The van der Waals surface area contributed by atoms with Gasteiger partial charge >= 0.3 is 5.97 Å². The maximum absolute atomic E-state index is 15.1. The summed E-state index contributed by atoms with van der Waals surface area (Å²) in [7, 11) is 0. The van der Waals surface area contributed by atoms with E-state index in [4.69, 9.17) is 16.3 Å². The summed E-state index contributed by atoms with van der Waals surface area (Å²) in [6.07, 6.45) is 1.76. The summed E-state index contributed by atoms with van der Waals surface area (Å²) in [6, 6.07) is 19.0. The molecule has 2 aliphatic carbocycles. The van der Waals surface area contributed by atoms with Crippen molar-refractivity contribution in [3.8, 4) is 5.75 Å². The highest BCUT2D eigenvalue weighted by Gasteiger charge is 2.70. The summed E-state index contributed by atoms with van der Waals surface area (Å²) in [4.78, 5) is 69.6. The fourth-order valence-corrected chi connectivity index (χ4v) is 8.57. The number of carboxylic acid groups (broad SMARTS) is 1. The molecule has 6 atom stereocenters. The standard InChI is InChI=1S/C37H33ClFN3O8/c38-22-5-3-21(4-6-22)37-29(34(47)42(36(37)49)40-24-9-7-23(39)8-10-24)19-28-26(32(37)20-1-11-25(12-2-20)50-18-17-43)13-14-27-31(28)35(48)41(33(27)46)16-15-30(44)45/h1-13,27-29,31-32,40,43H,14-19H2,(H,44,45)/t27-,28+,29-,31-,32-,37+/m0/s1. The third-order valence-corrected chi connectivity index (χ3v) is 10.7. The number of nitrogens with one attached hydrogen (secondary N) is 1. The Labute approximate surface area is 291 Å². The Morgan fingerprint density at radius 2 is 1.64 bits per heavy atom. The lowest BCUT2D eigenvalue weighted by atomic mass is 9.49. The third-order valence-electron chi connectivity index (χ3n) is 10.5. The molecule has 3 N–H and O–H groups in total. The van der Waals surface area contributed by atoms with Crippen molar-refractivity contribution in [3.63, 3.8) is 0 Å². The molecule has 50 heavy (non-hydrogen) atoms. The van der Waals surface area contributed by atoms with Crippen LogP contribution in [0.4, 0.5) is 10.1 Å². The predicted octanol–water partition coefficient (Wildman–Crippen LogP) is 4.31. The molecule has 3 aromatic rings. The molecule has 0 aromatic heterocycles. The molecule has 13 heteroatoms. The van der Waals surface area contributed by atoms with Gasteiger partial charge in [0.1, 0.15) is 18.2 Å². The van der Waals surface area contributed by atoms with Gasteiger partial charge in [0.2, 0.25) is 11.8 Å². The minimum atomic E-state index is -1.54. The number of rotatable bonds is 10.